The Kier molecular flexibility index (Phi) is 6.15. The van der Waals surface area contributed by atoms with Gasteiger partial charge in [-0.1, -0.05) is 25.4 Å². The van der Waals surface area contributed by atoms with Crippen molar-refractivity contribution in [2.75, 3.05) is 12.4 Å². The van der Waals surface area contributed by atoms with E-state index in [1.54, 1.807) is 12.1 Å². The monoisotopic (exact) mass is 301 g/mol. The van der Waals surface area contributed by atoms with E-state index in [9.17, 15) is 4.79 Å². The van der Waals surface area contributed by atoms with Crippen LogP contribution in [0.1, 0.15) is 42.6 Å². The summed E-state index contributed by atoms with van der Waals surface area (Å²) in [5.41, 5.74) is 1.62. The zero-order valence-electron chi connectivity index (χ0n) is 11.7. The molecule has 0 aliphatic heterocycles. The molecule has 0 spiro atoms. The topological polar surface area (TPSA) is 29.1 Å². The van der Waals surface area contributed by atoms with Gasteiger partial charge in [0.15, 0.2) is 0 Å². The van der Waals surface area contributed by atoms with Crippen LogP contribution in [-0.4, -0.2) is 18.3 Å². The maximum absolute atomic E-state index is 12.0. The lowest BCUT2D eigenvalue weighted by Crippen LogP contribution is -2.34. The molecule has 0 radical (unpaired) electrons. The summed E-state index contributed by atoms with van der Waals surface area (Å²) in [7, 11) is 0. The van der Waals surface area contributed by atoms with Crippen molar-refractivity contribution in [2.45, 2.75) is 33.6 Å². The van der Waals surface area contributed by atoms with Gasteiger partial charge in [0.2, 0.25) is 0 Å². The third-order valence-corrected chi connectivity index (χ3v) is 3.83. The lowest BCUT2D eigenvalue weighted by Gasteiger charge is -2.24. The number of hydrogen-bond acceptors (Lipinski definition) is 1. The van der Waals surface area contributed by atoms with Gasteiger partial charge in [0.25, 0.3) is 5.91 Å². The molecule has 4 heteroatoms. The molecule has 0 atom stereocenters. The molecule has 0 aliphatic carbocycles. The van der Waals surface area contributed by atoms with Crippen molar-refractivity contribution >= 4 is 29.1 Å². The van der Waals surface area contributed by atoms with E-state index >= 15 is 0 Å². The quantitative estimate of drug-likeness (QED) is 0.774. The molecule has 19 heavy (non-hydrogen) atoms. The second-order valence-electron chi connectivity index (χ2n) is 5.60. The van der Waals surface area contributed by atoms with E-state index in [1.807, 2.05) is 13.0 Å². The van der Waals surface area contributed by atoms with Gasteiger partial charge in [-0.2, -0.15) is 0 Å². The minimum absolute atomic E-state index is 0.0567. The fraction of sp³-hybridized carbons (Fsp3) is 0.533. The number of hydrogen-bond donors (Lipinski definition) is 1. The van der Waals surface area contributed by atoms with E-state index in [4.69, 9.17) is 23.2 Å². The van der Waals surface area contributed by atoms with Crippen LogP contribution in [0.3, 0.4) is 0 Å². The van der Waals surface area contributed by atoms with Crippen LogP contribution in [0.15, 0.2) is 18.2 Å². The van der Waals surface area contributed by atoms with E-state index in [1.165, 1.54) is 0 Å². The molecule has 0 saturated carbocycles. The van der Waals surface area contributed by atoms with Crippen LogP contribution < -0.4 is 5.32 Å². The molecule has 1 N–H and O–H groups in total. The first-order valence-corrected chi connectivity index (χ1v) is 7.37. The molecule has 1 amide bonds. The van der Waals surface area contributed by atoms with Crippen LogP contribution in [0.25, 0.3) is 0 Å². The molecule has 0 aromatic heterocycles. The predicted octanol–water partition coefficient (Wildman–Crippen LogP) is 4.42. The maximum atomic E-state index is 12.0. The number of halogens is 2. The summed E-state index contributed by atoms with van der Waals surface area (Å²) in [6.45, 7) is 6.80. The normalized spacial score (nSPS) is 11.4. The van der Waals surface area contributed by atoms with Crippen LogP contribution in [0.4, 0.5) is 0 Å². The number of carbonyl (C=O) groups is 1. The van der Waals surface area contributed by atoms with E-state index in [0.717, 1.165) is 18.4 Å². The molecule has 0 bridgehead atoms. The highest BCUT2D eigenvalue weighted by Crippen LogP contribution is 2.22. The first kappa shape index (κ1) is 16.3. The first-order chi connectivity index (χ1) is 8.85. The summed E-state index contributed by atoms with van der Waals surface area (Å²) in [6, 6.07) is 5.31. The lowest BCUT2D eigenvalue weighted by molar-refractivity contribution is 0.0934. The van der Waals surface area contributed by atoms with Crippen LogP contribution in [-0.2, 0) is 0 Å². The molecule has 1 rings (SSSR count). The SMILES string of the molecule is Cc1cc(C(=O)NCC(C)(C)CCCCl)ccc1Cl. The number of carbonyl (C=O) groups excluding carboxylic acids is 1. The van der Waals surface area contributed by atoms with Crippen molar-refractivity contribution < 1.29 is 4.79 Å². The summed E-state index contributed by atoms with van der Waals surface area (Å²) >= 11 is 11.6. The van der Waals surface area contributed by atoms with Crippen LogP contribution in [0.2, 0.25) is 5.02 Å². The zero-order chi connectivity index (χ0) is 14.5. The summed E-state index contributed by atoms with van der Waals surface area (Å²) in [5, 5.41) is 3.65. The Morgan fingerprint density at radius 3 is 2.63 bits per heavy atom. The molecule has 106 valence electrons. The van der Waals surface area contributed by atoms with Gasteiger partial charge < -0.3 is 5.32 Å². The van der Waals surface area contributed by atoms with Gasteiger partial charge in [-0.25, -0.2) is 0 Å². The highest BCUT2D eigenvalue weighted by Gasteiger charge is 2.18. The minimum Gasteiger partial charge on any atom is -0.352 e. The molecule has 0 unspecified atom stereocenters. The van der Waals surface area contributed by atoms with Crippen LogP contribution >= 0.6 is 23.2 Å². The number of rotatable bonds is 6. The third kappa shape index (κ3) is 5.42. The Labute approximate surface area is 125 Å². The van der Waals surface area contributed by atoms with Gasteiger partial charge in [-0.15, -0.1) is 11.6 Å². The number of nitrogens with one attached hydrogen (secondary N) is 1. The summed E-state index contributed by atoms with van der Waals surface area (Å²) < 4.78 is 0. The number of benzene rings is 1. The van der Waals surface area contributed by atoms with Gasteiger partial charge in [-0.05, 0) is 48.9 Å². The summed E-state index contributed by atoms with van der Waals surface area (Å²) in [6.07, 6.45) is 1.96. The van der Waals surface area contributed by atoms with Gasteiger partial charge in [-0.3, -0.25) is 4.79 Å². The minimum atomic E-state index is -0.0567. The highest BCUT2D eigenvalue weighted by atomic mass is 35.5. The van der Waals surface area contributed by atoms with Gasteiger partial charge in [0.1, 0.15) is 0 Å². The summed E-state index contributed by atoms with van der Waals surface area (Å²) in [4.78, 5) is 12.0. The van der Waals surface area contributed by atoms with Crippen molar-refractivity contribution in [3.05, 3.63) is 34.3 Å². The number of amides is 1. The molecule has 0 aliphatic rings. The standard InChI is InChI=1S/C15H21Cl2NO/c1-11-9-12(5-6-13(11)17)14(19)18-10-15(2,3)7-4-8-16/h5-6,9H,4,7-8,10H2,1-3H3,(H,18,19). The smallest absolute Gasteiger partial charge is 0.251 e. The van der Waals surface area contributed by atoms with E-state index < -0.39 is 0 Å². The van der Waals surface area contributed by atoms with Crippen LogP contribution in [0.5, 0.6) is 0 Å². The Bertz CT molecular complexity index is 444. The third-order valence-electron chi connectivity index (χ3n) is 3.13. The Morgan fingerprint density at radius 2 is 2.05 bits per heavy atom. The molecule has 1 aromatic rings. The molecule has 0 saturated heterocycles. The second-order valence-corrected chi connectivity index (χ2v) is 6.39. The Hall–Kier alpha value is -0.730. The van der Waals surface area contributed by atoms with E-state index in [2.05, 4.69) is 19.2 Å². The average molecular weight is 302 g/mol. The van der Waals surface area contributed by atoms with Crippen molar-refractivity contribution in [2.24, 2.45) is 5.41 Å². The largest absolute Gasteiger partial charge is 0.352 e. The van der Waals surface area contributed by atoms with Crippen molar-refractivity contribution in [1.82, 2.24) is 5.32 Å². The number of alkyl halides is 1. The van der Waals surface area contributed by atoms with Crippen molar-refractivity contribution in [3.8, 4) is 0 Å². The van der Waals surface area contributed by atoms with Gasteiger partial charge >= 0.3 is 0 Å². The summed E-state index contributed by atoms with van der Waals surface area (Å²) in [5.74, 6) is 0.604. The average Bonchev–Trinajstić information content (AvgIpc) is 2.37. The van der Waals surface area contributed by atoms with Crippen LogP contribution in [0, 0.1) is 12.3 Å². The molecular formula is C15H21Cl2NO. The molecular weight excluding hydrogens is 281 g/mol. The molecule has 2 nitrogen and oxygen atoms in total. The maximum Gasteiger partial charge on any atom is 0.251 e. The number of aryl methyl sites for hydroxylation is 1. The zero-order valence-corrected chi connectivity index (χ0v) is 13.2. The van der Waals surface area contributed by atoms with E-state index in [-0.39, 0.29) is 11.3 Å². The molecule has 0 fully saturated rings. The van der Waals surface area contributed by atoms with Crippen molar-refractivity contribution in [1.29, 1.82) is 0 Å². The fourth-order valence-electron chi connectivity index (χ4n) is 1.84. The van der Waals surface area contributed by atoms with Crippen molar-refractivity contribution in [3.63, 3.8) is 0 Å². The van der Waals surface area contributed by atoms with Gasteiger partial charge in [0, 0.05) is 23.0 Å². The second kappa shape index (κ2) is 7.16. The Morgan fingerprint density at radius 1 is 1.37 bits per heavy atom. The lowest BCUT2D eigenvalue weighted by atomic mass is 9.88. The molecule has 0 heterocycles. The van der Waals surface area contributed by atoms with Gasteiger partial charge in [0.05, 0.1) is 0 Å². The highest BCUT2D eigenvalue weighted by molar-refractivity contribution is 6.31. The predicted molar refractivity (Wildman–Crippen MR) is 82.3 cm³/mol. The molecule has 1 aromatic carbocycles. The fourth-order valence-corrected chi connectivity index (χ4v) is 2.09. The van der Waals surface area contributed by atoms with E-state index in [0.29, 0.717) is 23.0 Å². The first-order valence-electron chi connectivity index (χ1n) is 6.46. The Balaban J connectivity index is 2.57.